The van der Waals surface area contributed by atoms with Gasteiger partial charge in [-0.05, 0) is 54.3 Å². The molecule has 0 aliphatic rings. The first-order valence-electron chi connectivity index (χ1n) is 13.6. The maximum absolute atomic E-state index is 14.0. The van der Waals surface area contributed by atoms with Gasteiger partial charge in [0.1, 0.15) is 17.6 Å². The van der Waals surface area contributed by atoms with Crippen molar-refractivity contribution in [2.45, 2.75) is 55.4 Å². The van der Waals surface area contributed by atoms with Crippen molar-refractivity contribution in [1.82, 2.24) is 19.9 Å². The number of rotatable bonds is 10. The highest BCUT2D eigenvalue weighted by Gasteiger charge is 2.32. The zero-order valence-corrected chi connectivity index (χ0v) is 24.4. The van der Waals surface area contributed by atoms with E-state index in [0.717, 1.165) is 6.42 Å². The molecule has 1 amide bonds. The van der Waals surface area contributed by atoms with Crippen LogP contribution >= 0.6 is 0 Å². The van der Waals surface area contributed by atoms with Gasteiger partial charge in [0, 0.05) is 19.0 Å². The molecule has 0 radical (unpaired) electrons. The molecule has 0 aliphatic heterocycles. The van der Waals surface area contributed by atoms with Gasteiger partial charge in [-0.3, -0.25) is 14.2 Å². The summed E-state index contributed by atoms with van der Waals surface area (Å²) in [5.74, 6) is -0.928. The van der Waals surface area contributed by atoms with E-state index in [1.807, 2.05) is 19.9 Å². The van der Waals surface area contributed by atoms with Gasteiger partial charge in [-0.1, -0.05) is 56.7 Å². The molecule has 0 spiro atoms. The summed E-state index contributed by atoms with van der Waals surface area (Å²) in [6, 6.07) is 18.8. The molecule has 216 valence electrons. The first-order valence-corrected chi connectivity index (χ1v) is 15.0. The fraction of sp³-hybridized carbons (Fsp3) is 0.258. The van der Waals surface area contributed by atoms with Crippen molar-refractivity contribution in [1.29, 1.82) is 5.26 Å². The van der Waals surface area contributed by atoms with Crippen LogP contribution in [0.4, 0.5) is 0 Å². The van der Waals surface area contributed by atoms with Gasteiger partial charge < -0.3 is 10.4 Å². The average molecular weight is 586 g/mol. The Morgan fingerprint density at radius 2 is 1.76 bits per heavy atom. The molecule has 11 heteroatoms. The Balaban J connectivity index is 1.86. The van der Waals surface area contributed by atoms with Crippen molar-refractivity contribution in [2.24, 2.45) is 0 Å². The minimum Gasteiger partial charge on any atom is -0.492 e. The first kappa shape index (κ1) is 30.1. The van der Waals surface area contributed by atoms with Crippen molar-refractivity contribution < 1.29 is 18.3 Å². The molecule has 1 unspecified atom stereocenters. The van der Waals surface area contributed by atoms with Crippen LogP contribution in [-0.4, -0.2) is 41.0 Å². The number of nitrogens with zero attached hydrogens (tertiary/aromatic N) is 4. The second-order valence-corrected chi connectivity index (χ2v) is 11.5. The molecule has 4 rings (SSSR count). The molecule has 4 aromatic rings. The Kier molecular flexibility index (Phi) is 9.18. The van der Waals surface area contributed by atoms with Gasteiger partial charge in [-0.15, -0.1) is 0 Å². The normalized spacial score (nSPS) is 12.0. The van der Waals surface area contributed by atoms with E-state index in [2.05, 4.69) is 15.3 Å². The summed E-state index contributed by atoms with van der Waals surface area (Å²) < 4.78 is 28.9. The van der Waals surface area contributed by atoms with E-state index in [1.54, 1.807) is 54.6 Å². The zero-order chi connectivity index (χ0) is 30.4. The monoisotopic (exact) mass is 585 g/mol. The van der Waals surface area contributed by atoms with Gasteiger partial charge in [0.15, 0.2) is 4.90 Å². The minimum atomic E-state index is -4.52. The second-order valence-electron chi connectivity index (χ2n) is 9.60. The third-order valence-electron chi connectivity index (χ3n) is 6.95. The number of aryl methyl sites for hydroxylation is 1. The summed E-state index contributed by atoms with van der Waals surface area (Å²) in [5.41, 5.74) is 1.27. The Labute approximate surface area is 244 Å². The fourth-order valence-corrected chi connectivity index (χ4v) is 6.18. The number of nitriles is 1. The molecule has 0 fully saturated rings. The topological polar surface area (TPSA) is 155 Å². The van der Waals surface area contributed by atoms with Crippen molar-refractivity contribution in [2.75, 3.05) is 7.05 Å². The number of sulfone groups is 1. The Morgan fingerprint density at radius 3 is 2.40 bits per heavy atom. The van der Waals surface area contributed by atoms with Crippen LogP contribution in [0.5, 0.6) is 5.88 Å². The molecule has 0 saturated heterocycles. The summed E-state index contributed by atoms with van der Waals surface area (Å²) in [5, 5.41) is 22.8. The molecule has 42 heavy (non-hydrogen) atoms. The van der Waals surface area contributed by atoms with E-state index >= 15 is 0 Å². The van der Waals surface area contributed by atoms with Gasteiger partial charge in [0.05, 0.1) is 16.6 Å². The van der Waals surface area contributed by atoms with Crippen molar-refractivity contribution in [3.8, 4) is 23.1 Å². The zero-order valence-electron chi connectivity index (χ0n) is 23.5. The lowest BCUT2D eigenvalue weighted by molar-refractivity contribution is 0.0963. The third kappa shape index (κ3) is 5.80. The average Bonchev–Trinajstić information content (AvgIpc) is 3.01. The first-order chi connectivity index (χ1) is 20.2. The van der Waals surface area contributed by atoms with E-state index in [1.165, 1.54) is 23.7 Å². The third-order valence-corrected chi connectivity index (χ3v) is 8.74. The number of pyridine rings is 1. The van der Waals surface area contributed by atoms with Crippen LogP contribution in [0.2, 0.25) is 0 Å². The predicted octanol–water partition coefficient (Wildman–Crippen LogP) is 4.42. The van der Waals surface area contributed by atoms with Gasteiger partial charge in [0.25, 0.3) is 11.5 Å². The fourth-order valence-electron chi connectivity index (χ4n) is 4.84. The molecule has 2 aromatic carbocycles. The quantitative estimate of drug-likeness (QED) is 0.277. The summed E-state index contributed by atoms with van der Waals surface area (Å²) in [4.78, 5) is 33.8. The van der Waals surface area contributed by atoms with Crippen LogP contribution in [0.1, 0.15) is 66.7 Å². The second kappa shape index (κ2) is 12.8. The van der Waals surface area contributed by atoms with E-state index in [-0.39, 0.29) is 22.3 Å². The van der Waals surface area contributed by atoms with Crippen LogP contribution in [0.15, 0.2) is 81.3 Å². The number of benzene rings is 2. The van der Waals surface area contributed by atoms with E-state index < -0.39 is 32.2 Å². The highest BCUT2D eigenvalue weighted by atomic mass is 32.2. The smallest absolute Gasteiger partial charge is 0.277 e. The van der Waals surface area contributed by atoms with Crippen LogP contribution in [0.25, 0.3) is 11.1 Å². The van der Waals surface area contributed by atoms with E-state index in [4.69, 9.17) is 0 Å². The van der Waals surface area contributed by atoms with Gasteiger partial charge in [-0.25, -0.2) is 13.4 Å². The number of carbonyl (C=O) groups excluding carboxylic acids is 1. The standard InChI is InChI=1S/C31H31N5O5S/c1-4-6-14-27-35-30(38)28(31(39)36(27)26(5-2)25-13-9-10-21(19-32)34-25)42(40,41)22-17-15-20(16-18-22)23-11-7-8-12-24(23)29(37)33-3/h7-13,15-18,26,38H,4-6,14H2,1-3H3,(H,33,37). The molecule has 2 aromatic heterocycles. The summed E-state index contributed by atoms with van der Waals surface area (Å²) in [6.45, 7) is 3.78. The maximum atomic E-state index is 14.0. The number of hydrogen-bond acceptors (Lipinski definition) is 8. The number of amides is 1. The van der Waals surface area contributed by atoms with E-state index in [9.17, 15) is 28.4 Å². The summed E-state index contributed by atoms with van der Waals surface area (Å²) >= 11 is 0. The van der Waals surface area contributed by atoms with E-state index in [0.29, 0.717) is 41.6 Å². The lowest BCUT2D eigenvalue weighted by Crippen LogP contribution is -2.34. The number of unbranched alkanes of at least 4 members (excludes halogenated alkanes) is 1. The van der Waals surface area contributed by atoms with Crippen LogP contribution in [0, 0.1) is 11.3 Å². The van der Waals surface area contributed by atoms with Crippen molar-refractivity contribution >= 4 is 15.7 Å². The van der Waals surface area contributed by atoms with Gasteiger partial charge in [-0.2, -0.15) is 10.2 Å². The van der Waals surface area contributed by atoms with Crippen LogP contribution in [-0.2, 0) is 16.3 Å². The van der Waals surface area contributed by atoms with Crippen LogP contribution < -0.4 is 10.9 Å². The lowest BCUT2D eigenvalue weighted by atomic mass is 9.99. The van der Waals surface area contributed by atoms with Gasteiger partial charge in [0.2, 0.25) is 15.7 Å². The number of hydrogen-bond donors (Lipinski definition) is 2. The molecular weight excluding hydrogens is 554 g/mol. The highest BCUT2D eigenvalue weighted by Crippen LogP contribution is 2.30. The summed E-state index contributed by atoms with van der Waals surface area (Å²) in [7, 11) is -3.00. The van der Waals surface area contributed by atoms with Gasteiger partial charge >= 0.3 is 0 Å². The SMILES string of the molecule is CCCCc1nc(O)c(S(=O)(=O)c2ccc(-c3ccccc3C(=O)NC)cc2)c(=O)n1C(CC)c1cccc(C#N)n1. The number of aromatic nitrogens is 3. The molecule has 10 nitrogen and oxygen atoms in total. The molecule has 2 N–H and O–H groups in total. The molecule has 1 atom stereocenters. The highest BCUT2D eigenvalue weighted by molar-refractivity contribution is 7.91. The molecule has 0 bridgehead atoms. The molecule has 2 heterocycles. The molecule has 0 saturated carbocycles. The Hall–Kier alpha value is -4.82. The number of nitrogens with one attached hydrogen (secondary N) is 1. The largest absolute Gasteiger partial charge is 0.492 e. The Bertz CT molecular complexity index is 1830. The lowest BCUT2D eigenvalue weighted by Gasteiger charge is -2.22. The number of carbonyl (C=O) groups is 1. The van der Waals surface area contributed by atoms with Crippen LogP contribution in [0.3, 0.4) is 0 Å². The molecular formula is C31H31N5O5S. The molecule has 0 aliphatic carbocycles. The van der Waals surface area contributed by atoms with Crippen molar-refractivity contribution in [3.63, 3.8) is 0 Å². The Morgan fingerprint density at radius 1 is 1.05 bits per heavy atom. The number of aromatic hydroxyl groups is 1. The minimum absolute atomic E-state index is 0.159. The summed E-state index contributed by atoms with van der Waals surface area (Å²) in [6.07, 6.45) is 2.11. The maximum Gasteiger partial charge on any atom is 0.277 e. The van der Waals surface area contributed by atoms with Crippen molar-refractivity contribution in [3.05, 3.63) is 99.9 Å². The predicted molar refractivity (Wildman–Crippen MR) is 157 cm³/mol.